The van der Waals surface area contributed by atoms with E-state index in [0.29, 0.717) is 5.69 Å². The minimum atomic E-state index is 0.688. The molecular formula is C13H19BrN4. The van der Waals surface area contributed by atoms with Crippen LogP contribution in [0.2, 0.25) is 0 Å². The van der Waals surface area contributed by atoms with E-state index in [4.69, 9.17) is 5.73 Å². The Morgan fingerprint density at radius 2 is 2.28 bits per heavy atom. The number of hydrogen-bond acceptors (Lipinski definition) is 4. The molecule has 18 heavy (non-hydrogen) atoms. The van der Waals surface area contributed by atoms with Crippen molar-refractivity contribution in [1.82, 2.24) is 9.88 Å². The van der Waals surface area contributed by atoms with Gasteiger partial charge < -0.3 is 16.0 Å². The maximum atomic E-state index is 5.68. The molecule has 2 heterocycles. The highest BCUT2D eigenvalue weighted by molar-refractivity contribution is 9.10. The van der Waals surface area contributed by atoms with E-state index in [-0.39, 0.29) is 0 Å². The van der Waals surface area contributed by atoms with Crippen molar-refractivity contribution in [3.05, 3.63) is 16.7 Å². The first-order valence-electron chi connectivity index (χ1n) is 6.61. The van der Waals surface area contributed by atoms with Gasteiger partial charge in [-0.05, 0) is 53.7 Å². The number of aromatic nitrogens is 1. The van der Waals surface area contributed by atoms with Crippen molar-refractivity contribution in [3.8, 4) is 0 Å². The zero-order valence-electron chi connectivity index (χ0n) is 10.4. The molecule has 2 aliphatic rings. The molecule has 3 N–H and O–H groups in total. The van der Waals surface area contributed by atoms with Crippen molar-refractivity contribution in [3.63, 3.8) is 0 Å². The van der Waals surface area contributed by atoms with Crippen LogP contribution in [-0.2, 0) is 0 Å². The Hall–Kier alpha value is -0.810. The number of nitrogens with two attached hydrogens (primary N) is 1. The number of halogens is 1. The van der Waals surface area contributed by atoms with Gasteiger partial charge in [-0.3, -0.25) is 0 Å². The van der Waals surface area contributed by atoms with Gasteiger partial charge in [0.1, 0.15) is 5.82 Å². The van der Waals surface area contributed by atoms with Gasteiger partial charge in [0.2, 0.25) is 0 Å². The molecule has 1 saturated heterocycles. The van der Waals surface area contributed by atoms with Crippen LogP contribution < -0.4 is 11.1 Å². The smallest absolute Gasteiger partial charge is 0.140 e. The molecule has 0 aromatic carbocycles. The van der Waals surface area contributed by atoms with Crippen LogP contribution in [0.3, 0.4) is 0 Å². The highest BCUT2D eigenvalue weighted by atomic mass is 79.9. The van der Waals surface area contributed by atoms with E-state index in [2.05, 4.69) is 31.1 Å². The van der Waals surface area contributed by atoms with Gasteiger partial charge in [0.05, 0.1) is 16.4 Å². The molecule has 1 aromatic rings. The summed E-state index contributed by atoms with van der Waals surface area (Å²) in [5.74, 6) is 1.64. The number of anilines is 2. The van der Waals surface area contributed by atoms with Crippen LogP contribution >= 0.6 is 15.9 Å². The quantitative estimate of drug-likeness (QED) is 0.896. The molecule has 0 spiro atoms. The highest BCUT2D eigenvalue weighted by Crippen LogP contribution is 2.32. The van der Waals surface area contributed by atoms with Crippen LogP contribution in [0.4, 0.5) is 11.5 Å². The first-order valence-corrected chi connectivity index (χ1v) is 7.40. The lowest BCUT2D eigenvalue weighted by Gasteiger charge is -2.15. The average molecular weight is 311 g/mol. The van der Waals surface area contributed by atoms with Crippen molar-refractivity contribution in [2.75, 3.05) is 30.7 Å². The minimum absolute atomic E-state index is 0.688. The number of hydrogen-bond donors (Lipinski definition) is 2. The molecule has 2 fully saturated rings. The van der Waals surface area contributed by atoms with Gasteiger partial charge in [-0.15, -0.1) is 0 Å². The largest absolute Gasteiger partial charge is 0.397 e. The summed E-state index contributed by atoms with van der Waals surface area (Å²) in [7, 11) is 0. The zero-order chi connectivity index (χ0) is 12.5. The molecule has 5 heteroatoms. The van der Waals surface area contributed by atoms with Crippen LogP contribution in [-0.4, -0.2) is 35.6 Å². The van der Waals surface area contributed by atoms with Crippen LogP contribution in [0.1, 0.15) is 19.3 Å². The molecule has 0 radical (unpaired) electrons. The Kier molecular flexibility index (Phi) is 3.43. The third-order valence-corrected chi connectivity index (χ3v) is 4.41. The molecule has 1 aliphatic carbocycles. The molecule has 3 rings (SSSR count). The number of nitrogens with one attached hydrogen (secondary N) is 1. The predicted molar refractivity (Wildman–Crippen MR) is 77.5 cm³/mol. The maximum Gasteiger partial charge on any atom is 0.140 e. The average Bonchev–Trinajstić information content (AvgIpc) is 3.08. The topological polar surface area (TPSA) is 54.2 Å². The molecule has 1 unspecified atom stereocenters. The highest BCUT2D eigenvalue weighted by Gasteiger charge is 2.34. The van der Waals surface area contributed by atoms with Gasteiger partial charge in [0, 0.05) is 19.1 Å². The molecule has 1 aliphatic heterocycles. The summed E-state index contributed by atoms with van der Waals surface area (Å²) in [6.45, 7) is 3.51. The van der Waals surface area contributed by atoms with Gasteiger partial charge in [-0.1, -0.05) is 0 Å². The molecule has 0 amide bonds. The summed E-state index contributed by atoms with van der Waals surface area (Å²) in [4.78, 5) is 6.95. The van der Waals surface area contributed by atoms with Crippen molar-refractivity contribution >= 4 is 27.4 Å². The standard InChI is InChI=1S/C13H19BrN4/c14-12-5-10(15)7-17-13(12)16-6-9-3-4-18(8-9)11-1-2-11/h5,7,9,11H,1-4,6,8,15H2,(H,16,17). The normalized spacial score (nSPS) is 24.4. The molecule has 1 aromatic heterocycles. The van der Waals surface area contributed by atoms with Crippen molar-refractivity contribution < 1.29 is 0 Å². The van der Waals surface area contributed by atoms with Gasteiger partial charge in [-0.2, -0.15) is 0 Å². The van der Waals surface area contributed by atoms with Crippen LogP contribution in [0, 0.1) is 5.92 Å². The summed E-state index contributed by atoms with van der Waals surface area (Å²) in [6, 6.07) is 2.79. The molecule has 0 bridgehead atoms. The van der Waals surface area contributed by atoms with E-state index in [1.54, 1.807) is 6.20 Å². The number of likely N-dealkylation sites (tertiary alicyclic amines) is 1. The number of pyridine rings is 1. The van der Waals surface area contributed by atoms with Crippen LogP contribution in [0.5, 0.6) is 0 Å². The first kappa shape index (κ1) is 12.2. The zero-order valence-corrected chi connectivity index (χ0v) is 12.0. The van der Waals surface area contributed by atoms with Crippen molar-refractivity contribution in [2.24, 2.45) is 5.92 Å². The molecule has 98 valence electrons. The Balaban J connectivity index is 1.51. The molecule has 1 atom stereocenters. The second-order valence-corrected chi connectivity index (χ2v) is 6.22. The number of nitrogens with zero attached hydrogens (tertiary/aromatic N) is 2. The summed E-state index contributed by atoms with van der Waals surface area (Å²) in [5, 5.41) is 3.42. The van der Waals surface area contributed by atoms with E-state index in [1.807, 2.05) is 6.07 Å². The fraction of sp³-hybridized carbons (Fsp3) is 0.615. The Morgan fingerprint density at radius 1 is 1.44 bits per heavy atom. The van der Waals surface area contributed by atoms with Gasteiger partial charge in [0.15, 0.2) is 0 Å². The molecule has 1 saturated carbocycles. The van der Waals surface area contributed by atoms with E-state index in [1.165, 1.54) is 32.4 Å². The first-order chi connectivity index (χ1) is 8.72. The van der Waals surface area contributed by atoms with Gasteiger partial charge in [0.25, 0.3) is 0 Å². The van der Waals surface area contributed by atoms with Crippen molar-refractivity contribution in [2.45, 2.75) is 25.3 Å². The monoisotopic (exact) mass is 310 g/mol. The summed E-state index contributed by atoms with van der Waals surface area (Å²) < 4.78 is 0.944. The lowest BCUT2D eigenvalue weighted by Crippen LogP contribution is -2.25. The van der Waals surface area contributed by atoms with E-state index in [9.17, 15) is 0 Å². The SMILES string of the molecule is Nc1cnc(NCC2CCN(C3CC3)C2)c(Br)c1. The lowest BCUT2D eigenvalue weighted by atomic mass is 10.1. The summed E-state index contributed by atoms with van der Waals surface area (Å²) >= 11 is 3.49. The second-order valence-electron chi connectivity index (χ2n) is 5.36. The Bertz CT molecular complexity index is 433. The minimum Gasteiger partial charge on any atom is -0.397 e. The van der Waals surface area contributed by atoms with Crippen molar-refractivity contribution in [1.29, 1.82) is 0 Å². The molecular weight excluding hydrogens is 292 g/mol. The third-order valence-electron chi connectivity index (χ3n) is 3.80. The van der Waals surface area contributed by atoms with Gasteiger partial charge in [-0.25, -0.2) is 4.98 Å². The third kappa shape index (κ3) is 2.78. The van der Waals surface area contributed by atoms with E-state index >= 15 is 0 Å². The number of nitrogen functional groups attached to an aromatic ring is 1. The van der Waals surface area contributed by atoms with E-state index < -0.39 is 0 Å². The fourth-order valence-corrected chi connectivity index (χ4v) is 3.13. The van der Waals surface area contributed by atoms with Gasteiger partial charge >= 0.3 is 0 Å². The van der Waals surface area contributed by atoms with Crippen LogP contribution in [0.15, 0.2) is 16.7 Å². The summed E-state index contributed by atoms with van der Waals surface area (Å²) in [5.41, 5.74) is 6.37. The Labute approximate surface area is 116 Å². The Morgan fingerprint density at radius 3 is 3.00 bits per heavy atom. The second kappa shape index (κ2) is 5.05. The predicted octanol–water partition coefficient (Wildman–Crippen LogP) is 2.32. The maximum absolute atomic E-state index is 5.68. The number of rotatable bonds is 4. The van der Waals surface area contributed by atoms with E-state index in [0.717, 1.165) is 28.8 Å². The molecule has 4 nitrogen and oxygen atoms in total. The van der Waals surface area contributed by atoms with Crippen LogP contribution in [0.25, 0.3) is 0 Å². The lowest BCUT2D eigenvalue weighted by molar-refractivity contribution is 0.316. The summed E-state index contributed by atoms with van der Waals surface area (Å²) in [6.07, 6.45) is 5.81. The fourth-order valence-electron chi connectivity index (χ4n) is 2.62.